The Labute approximate surface area is 166 Å². The van der Waals surface area contributed by atoms with Crippen LogP contribution in [0.3, 0.4) is 0 Å². The van der Waals surface area contributed by atoms with E-state index >= 15 is 0 Å². The largest absolute Gasteiger partial charge is 0.433 e. The molecule has 0 unspecified atom stereocenters. The van der Waals surface area contributed by atoms with Gasteiger partial charge in [0.1, 0.15) is 5.69 Å². The fourth-order valence-electron chi connectivity index (χ4n) is 2.35. The Kier molecular flexibility index (Phi) is 7.91. The van der Waals surface area contributed by atoms with Crippen LogP contribution in [0.1, 0.15) is 16.8 Å². The molecule has 152 valence electrons. The van der Waals surface area contributed by atoms with Crippen LogP contribution >= 0.6 is 11.8 Å². The Morgan fingerprint density at radius 2 is 1.96 bits per heavy atom. The van der Waals surface area contributed by atoms with Crippen molar-refractivity contribution in [3.8, 4) is 0 Å². The summed E-state index contributed by atoms with van der Waals surface area (Å²) in [4.78, 5) is 12.6. The zero-order valence-electron chi connectivity index (χ0n) is 15.9. The molecule has 3 N–H and O–H groups in total. The standard InChI is InChI=1S/C18H23F3N6S/c1-12-4-5-13(14(10-12)28-3)11-26-16(22-2)24-8-9-25-17-23-7-6-15(27-17)18(19,20)21/h4-7,10H,8-9,11H2,1-3H3,(H2,22,24,26)(H,23,25,27). The Hall–Kier alpha value is -2.49. The molecule has 0 aliphatic heterocycles. The number of anilines is 1. The number of hydrogen-bond acceptors (Lipinski definition) is 5. The van der Waals surface area contributed by atoms with Crippen LogP contribution in [0.2, 0.25) is 0 Å². The van der Waals surface area contributed by atoms with Crippen molar-refractivity contribution in [2.24, 2.45) is 4.99 Å². The van der Waals surface area contributed by atoms with E-state index in [9.17, 15) is 13.2 Å². The first-order chi connectivity index (χ1) is 13.3. The minimum absolute atomic E-state index is 0.0659. The topological polar surface area (TPSA) is 74.2 Å². The molecule has 0 aliphatic rings. The van der Waals surface area contributed by atoms with Gasteiger partial charge in [0.05, 0.1) is 0 Å². The predicted molar refractivity (Wildman–Crippen MR) is 107 cm³/mol. The molecular formula is C18H23F3N6S. The van der Waals surface area contributed by atoms with E-state index in [4.69, 9.17) is 0 Å². The second-order valence-corrected chi connectivity index (χ2v) is 6.71. The van der Waals surface area contributed by atoms with Crippen molar-refractivity contribution in [3.05, 3.63) is 47.3 Å². The molecule has 1 heterocycles. The van der Waals surface area contributed by atoms with Crippen LogP contribution < -0.4 is 16.0 Å². The first-order valence-electron chi connectivity index (χ1n) is 8.55. The number of nitrogens with one attached hydrogen (secondary N) is 3. The van der Waals surface area contributed by atoms with Gasteiger partial charge in [-0.25, -0.2) is 9.97 Å². The lowest BCUT2D eigenvalue weighted by molar-refractivity contribution is -0.141. The predicted octanol–water partition coefficient (Wildman–Crippen LogP) is 3.30. The maximum Gasteiger partial charge on any atom is 0.433 e. The van der Waals surface area contributed by atoms with Crippen LogP contribution in [0.5, 0.6) is 0 Å². The Balaban J connectivity index is 1.80. The van der Waals surface area contributed by atoms with Gasteiger partial charge in [0.15, 0.2) is 5.96 Å². The highest BCUT2D eigenvalue weighted by molar-refractivity contribution is 7.98. The summed E-state index contributed by atoms with van der Waals surface area (Å²) < 4.78 is 38.0. The lowest BCUT2D eigenvalue weighted by Gasteiger charge is -2.14. The maximum atomic E-state index is 12.7. The summed E-state index contributed by atoms with van der Waals surface area (Å²) in [6.45, 7) is 3.43. The summed E-state index contributed by atoms with van der Waals surface area (Å²) >= 11 is 1.69. The summed E-state index contributed by atoms with van der Waals surface area (Å²) in [5.41, 5.74) is 1.40. The highest BCUT2D eigenvalue weighted by Crippen LogP contribution is 2.27. The highest BCUT2D eigenvalue weighted by atomic mass is 32.2. The van der Waals surface area contributed by atoms with Gasteiger partial charge in [-0.1, -0.05) is 12.1 Å². The fourth-order valence-corrected chi connectivity index (χ4v) is 3.06. The number of halogens is 3. The number of hydrogen-bond donors (Lipinski definition) is 3. The van der Waals surface area contributed by atoms with Crippen molar-refractivity contribution in [2.75, 3.05) is 31.7 Å². The molecule has 0 spiro atoms. The molecular weight excluding hydrogens is 389 g/mol. The second-order valence-electron chi connectivity index (χ2n) is 5.86. The third-order valence-corrected chi connectivity index (χ3v) is 4.58. The van der Waals surface area contributed by atoms with Gasteiger partial charge in [-0.15, -0.1) is 11.8 Å². The van der Waals surface area contributed by atoms with Crippen LogP contribution in [0, 0.1) is 6.92 Å². The van der Waals surface area contributed by atoms with Crippen molar-refractivity contribution in [1.82, 2.24) is 20.6 Å². The van der Waals surface area contributed by atoms with E-state index in [1.54, 1.807) is 18.8 Å². The number of rotatable bonds is 7. The van der Waals surface area contributed by atoms with Crippen molar-refractivity contribution >= 4 is 23.7 Å². The molecule has 0 radical (unpaired) electrons. The molecule has 2 rings (SSSR count). The summed E-state index contributed by atoms with van der Waals surface area (Å²) in [5.74, 6) is 0.531. The number of aliphatic imine (C=N–C) groups is 1. The monoisotopic (exact) mass is 412 g/mol. The normalized spacial score (nSPS) is 12.0. The maximum absolute atomic E-state index is 12.7. The fraction of sp³-hybridized carbons (Fsp3) is 0.389. The van der Waals surface area contributed by atoms with E-state index in [1.165, 1.54) is 10.5 Å². The van der Waals surface area contributed by atoms with Gasteiger partial charge >= 0.3 is 6.18 Å². The Morgan fingerprint density at radius 1 is 1.18 bits per heavy atom. The molecule has 0 atom stereocenters. The first kappa shape index (κ1) is 21.8. The summed E-state index contributed by atoms with van der Waals surface area (Å²) in [6, 6.07) is 7.11. The Morgan fingerprint density at radius 3 is 2.64 bits per heavy atom. The van der Waals surface area contributed by atoms with Gasteiger partial charge < -0.3 is 16.0 Å². The average Bonchev–Trinajstić information content (AvgIpc) is 2.67. The van der Waals surface area contributed by atoms with Gasteiger partial charge in [0.2, 0.25) is 5.95 Å². The Bertz CT molecular complexity index is 810. The third kappa shape index (κ3) is 6.59. The SMILES string of the molecule is CN=C(NCCNc1nccc(C(F)(F)F)n1)NCc1ccc(C)cc1SC. The number of aryl methyl sites for hydroxylation is 1. The molecule has 1 aromatic carbocycles. The van der Waals surface area contributed by atoms with E-state index < -0.39 is 11.9 Å². The van der Waals surface area contributed by atoms with Gasteiger partial charge in [0, 0.05) is 37.8 Å². The summed E-state index contributed by atoms with van der Waals surface area (Å²) in [6.07, 6.45) is -1.38. The first-order valence-corrected chi connectivity index (χ1v) is 9.78. The molecule has 10 heteroatoms. The van der Waals surface area contributed by atoms with E-state index in [-0.39, 0.29) is 5.95 Å². The summed E-state index contributed by atoms with van der Waals surface area (Å²) in [7, 11) is 1.66. The summed E-state index contributed by atoms with van der Waals surface area (Å²) in [5, 5.41) is 9.08. The van der Waals surface area contributed by atoms with Crippen molar-refractivity contribution in [1.29, 1.82) is 0 Å². The van der Waals surface area contributed by atoms with E-state index in [0.717, 1.165) is 17.8 Å². The molecule has 0 bridgehead atoms. The van der Waals surface area contributed by atoms with Crippen molar-refractivity contribution in [3.63, 3.8) is 0 Å². The lowest BCUT2D eigenvalue weighted by atomic mass is 10.1. The average molecular weight is 412 g/mol. The van der Waals surface area contributed by atoms with Crippen LogP contribution in [-0.2, 0) is 12.7 Å². The quantitative estimate of drug-likeness (QED) is 0.280. The molecule has 0 saturated carbocycles. The van der Waals surface area contributed by atoms with Gasteiger partial charge in [-0.3, -0.25) is 4.99 Å². The molecule has 0 amide bonds. The number of benzene rings is 1. The van der Waals surface area contributed by atoms with Gasteiger partial charge in [-0.05, 0) is 36.4 Å². The second kappa shape index (κ2) is 10.2. The smallest absolute Gasteiger partial charge is 0.355 e. The number of thioether (sulfide) groups is 1. The third-order valence-electron chi connectivity index (χ3n) is 3.76. The van der Waals surface area contributed by atoms with E-state index in [2.05, 4.69) is 56.0 Å². The lowest BCUT2D eigenvalue weighted by Crippen LogP contribution is -2.39. The molecule has 0 fully saturated rings. The van der Waals surface area contributed by atoms with E-state index in [1.807, 2.05) is 6.26 Å². The molecule has 1 aromatic heterocycles. The van der Waals surface area contributed by atoms with Gasteiger partial charge in [0.25, 0.3) is 0 Å². The molecule has 2 aromatic rings. The molecule has 0 aliphatic carbocycles. The number of aromatic nitrogens is 2. The van der Waals surface area contributed by atoms with Crippen LogP contribution in [0.15, 0.2) is 40.4 Å². The molecule has 0 saturated heterocycles. The highest BCUT2D eigenvalue weighted by Gasteiger charge is 2.32. The number of nitrogens with zero attached hydrogens (tertiary/aromatic N) is 3. The zero-order chi connectivity index (χ0) is 20.6. The molecule has 6 nitrogen and oxygen atoms in total. The van der Waals surface area contributed by atoms with Crippen molar-refractivity contribution in [2.45, 2.75) is 24.5 Å². The van der Waals surface area contributed by atoms with Crippen LogP contribution in [0.4, 0.5) is 19.1 Å². The van der Waals surface area contributed by atoms with E-state index in [0.29, 0.717) is 25.6 Å². The number of alkyl halides is 3. The molecule has 28 heavy (non-hydrogen) atoms. The zero-order valence-corrected chi connectivity index (χ0v) is 16.7. The number of guanidine groups is 1. The van der Waals surface area contributed by atoms with Crippen LogP contribution in [-0.4, -0.2) is 42.3 Å². The van der Waals surface area contributed by atoms with Crippen LogP contribution in [0.25, 0.3) is 0 Å². The van der Waals surface area contributed by atoms with Gasteiger partial charge in [-0.2, -0.15) is 13.2 Å². The van der Waals surface area contributed by atoms with Crippen molar-refractivity contribution < 1.29 is 13.2 Å². The minimum Gasteiger partial charge on any atom is -0.355 e. The minimum atomic E-state index is -4.49.